The second kappa shape index (κ2) is 8.04. The zero-order valence-electron chi connectivity index (χ0n) is 15.1. The molecular formula is C20H17Cl2N5O. The normalized spacial score (nSPS) is 11.0. The molecule has 0 aliphatic carbocycles. The quantitative estimate of drug-likeness (QED) is 0.459. The molecule has 4 rings (SSSR count). The summed E-state index contributed by atoms with van der Waals surface area (Å²) in [5.74, 6) is 1.41. The standard InChI is InChI=1S/C20H17Cl2N5O/c1-28-16-8-4-14(5-9-16)11-27-12-24-17-18(25-20(22)26-19(17)27)23-10-13-2-6-15(21)7-3-13/h2-9,12H,10-11H2,1H3,(H,23,25,26). The molecule has 4 aromatic rings. The van der Waals surface area contributed by atoms with Crippen LogP contribution in [0.25, 0.3) is 11.2 Å². The number of nitrogens with one attached hydrogen (secondary N) is 1. The lowest BCUT2D eigenvalue weighted by molar-refractivity contribution is 0.414. The van der Waals surface area contributed by atoms with Crippen molar-refractivity contribution < 1.29 is 4.74 Å². The Kier molecular flexibility index (Phi) is 5.32. The molecule has 0 spiro atoms. The van der Waals surface area contributed by atoms with Crippen LogP contribution in [0.15, 0.2) is 54.9 Å². The Morgan fingerprint density at radius 1 is 0.964 bits per heavy atom. The first-order valence-electron chi connectivity index (χ1n) is 8.62. The van der Waals surface area contributed by atoms with Crippen molar-refractivity contribution in [2.75, 3.05) is 12.4 Å². The molecule has 8 heteroatoms. The van der Waals surface area contributed by atoms with Crippen LogP contribution in [0.4, 0.5) is 5.82 Å². The van der Waals surface area contributed by atoms with Crippen molar-refractivity contribution in [3.8, 4) is 5.75 Å². The predicted octanol–water partition coefficient (Wildman–Crippen LogP) is 4.80. The first-order valence-corrected chi connectivity index (χ1v) is 9.37. The Balaban J connectivity index is 1.59. The molecule has 2 aromatic carbocycles. The lowest BCUT2D eigenvalue weighted by atomic mass is 10.2. The number of hydrogen-bond donors (Lipinski definition) is 1. The molecule has 6 nitrogen and oxygen atoms in total. The number of benzene rings is 2. The van der Waals surface area contributed by atoms with Gasteiger partial charge in [0.2, 0.25) is 5.28 Å². The van der Waals surface area contributed by atoms with Crippen molar-refractivity contribution in [1.82, 2.24) is 19.5 Å². The minimum atomic E-state index is 0.169. The maximum atomic E-state index is 6.16. The van der Waals surface area contributed by atoms with E-state index in [9.17, 15) is 0 Å². The highest BCUT2D eigenvalue weighted by molar-refractivity contribution is 6.30. The van der Waals surface area contributed by atoms with Gasteiger partial charge in [-0.15, -0.1) is 0 Å². The lowest BCUT2D eigenvalue weighted by Crippen LogP contribution is -2.05. The fourth-order valence-corrected chi connectivity index (χ4v) is 3.16. The molecule has 0 unspecified atom stereocenters. The van der Waals surface area contributed by atoms with Gasteiger partial charge in [0.25, 0.3) is 0 Å². The number of halogens is 2. The van der Waals surface area contributed by atoms with E-state index < -0.39 is 0 Å². The van der Waals surface area contributed by atoms with Gasteiger partial charge in [0, 0.05) is 11.6 Å². The van der Waals surface area contributed by atoms with Gasteiger partial charge in [-0.2, -0.15) is 9.97 Å². The molecular weight excluding hydrogens is 397 g/mol. The van der Waals surface area contributed by atoms with E-state index in [1.807, 2.05) is 53.1 Å². The minimum absolute atomic E-state index is 0.169. The zero-order valence-corrected chi connectivity index (χ0v) is 16.6. The highest BCUT2D eigenvalue weighted by Crippen LogP contribution is 2.23. The summed E-state index contributed by atoms with van der Waals surface area (Å²) in [5.41, 5.74) is 3.52. The van der Waals surface area contributed by atoms with Crippen molar-refractivity contribution in [1.29, 1.82) is 0 Å². The largest absolute Gasteiger partial charge is 0.497 e. The van der Waals surface area contributed by atoms with Crippen LogP contribution in [0.2, 0.25) is 10.3 Å². The average Bonchev–Trinajstić information content (AvgIpc) is 3.10. The van der Waals surface area contributed by atoms with E-state index in [0.29, 0.717) is 35.1 Å². The predicted molar refractivity (Wildman–Crippen MR) is 111 cm³/mol. The SMILES string of the molecule is COc1ccc(Cn2cnc3c(NCc4ccc(Cl)cc4)nc(Cl)nc32)cc1. The van der Waals surface area contributed by atoms with Crippen LogP contribution in [-0.4, -0.2) is 26.6 Å². The first-order chi connectivity index (χ1) is 13.6. The third-order valence-electron chi connectivity index (χ3n) is 4.32. The number of anilines is 1. The van der Waals surface area contributed by atoms with Crippen LogP contribution in [0.5, 0.6) is 5.75 Å². The monoisotopic (exact) mass is 413 g/mol. The highest BCUT2D eigenvalue weighted by Gasteiger charge is 2.13. The molecule has 142 valence electrons. The molecule has 1 N–H and O–H groups in total. The topological polar surface area (TPSA) is 64.9 Å². The molecule has 0 fully saturated rings. The summed E-state index contributed by atoms with van der Waals surface area (Å²) in [4.78, 5) is 13.2. The number of imidazole rings is 1. The van der Waals surface area contributed by atoms with Crippen LogP contribution >= 0.6 is 23.2 Å². The molecule has 0 bridgehead atoms. The van der Waals surface area contributed by atoms with Gasteiger partial charge < -0.3 is 14.6 Å². The third kappa shape index (κ3) is 4.03. The maximum Gasteiger partial charge on any atom is 0.226 e. The van der Waals surface area contributed by atoms with E-state index >= 15 is 0 Å². The molecule has 28 heavy (non-hydrogen) atoms. The Hall–Kier alpha value is -2.83. The number of aromatic nitrogens is 4. The summed E-state index contributed by atoms with van der Waals surface area (Å²) in [7, 11) is 1.65. The van der Waals surface area contributed by atoms with Gasteiger partial charge in [0.05, 0.1) is 20.0 Å². The summed E-state index contributed by atoms with van der Waals surface area (Å²) >= 11 is 12.1. The first kappa shape index (κ1) is 18.5. The number of rotatable bonds is 6. The van der Waals surface area contributed by atoms with Crippen molar-refractivity contribution in [3.63, 3.8) is 0 Å². The highest BCUT2D eigenvalue weighted by atomic mass is 35.5. The fraction of sp³-hybridized carbons (Fsp3) is 0.150. The van der Waals surface area contributed by atoms with E-state index in [1.54, 1.807) is 13.4 Å². The number of ether oxygens (including phenoxy) is 1. The average molecular weight is 414 g/mol. The van der Waals surface area contributed by atoms with Crippen molar-refractivity contribution in [3.05, 3.63) is 76.3 Å². The van der Waals surface area contributed by atoms with E-state index in [1.165, 1.54) is 0 Å². The van der Waals surface area contributed by atoms with Gasteiger partial charge in [-0.25, -0.2) is 4.98 Å². The van der Waals surface area contributed by atoms with Gasteiger partial charge >= 0.3 is 0 Å². The Bertz CT molecular complexity index is 1090. The summed E-state index contributed by atoms with van der Waals surface area (Å²) in [6.45, 7) is 1.19. The Labute approximate surface area is 172 Å². The number of nitrogens with zero attached hydrogens (tertiary/aromatic N) is 4. The van der Waals surface area contributed by atoms with Gasteiger partial charge in [-0.1, -0.05) is 35.9 Å². The van der Waals surface area contributed by atoms with Gasteiger partial charge in [-0.3, -0.25) is 0 Å². The number of hydrogen-bond acceptors (Lipinski definition) is 5. The van der Waals surface area contributed by atoms with Crippen LogP contribution < -0.4 is 10.1 Å². The smallest absolute Gasteiger partial charge is 0.226 e. The van der Waals surface area contributed by atoms with E-state index in [-0.39, 0.29) is 5.28 Å². The Morgan fingerprint density at radius 2 is 1.68 bits per heavy atom. The molecule has 0 amide bonds. The molecule has 2 aromatic heterocycles. The summed E-state index contributed by atoms with van der Waals surface area (Å²) in [5, 5.41) is 4.16. The van der Waals surface area contributed by atoms with Gasteiger partial charge in [0.1, 0.15) is 5.75 Å². The molecule has 0 atom stereocenters. The molecule has 2 heterocycles. The van der Waals surface area contributed by atoms with Gasteiger partial charge in [0.15, 0.2) is 17.0 Å². The summed E-state index contributed by atoms with van der Waals surface area (Å²) in [6.07, 6.45) is 1.74. The molecule has 0 saturated heterocycles. The molecule has 0 saturated carbocycles. The van der Waals surface area contributed by atoms with Crippen molar-refractivity contribution in [2.45, 2.75) is 13.1 Å². The molecule has 0 aliphatic rings. The van der Waals surface area contributed by atoms with Crippen LogP contribution in [0.1, 0.15) is 11.1 Å². The fourth-order valence-electron chi connectivity index (χ4n) is 2.87. The Morgan fingerprint density at radius 3 is 2.39 bits per heavy atom. The van der Waals surface area contributed by atoms with Gasteiger partial charge in [-0.05, 0) is 47.0 Å². The van der Waals surface area contributed by atoms with Crippen LogP contribution in [0, 0.1) is 0 Å². The lowest BCUT2D eigenvalue weighted by Gasteiger charge is -2.08. The van der Waals surface area contributed by atoms with Crippen molar-refractivity contribution >= 4 is 40.2 Å². The van der Waals surface area contributed by atoms with E-state index in [2.05, 4.69) is 20.3 Å². The number of fused-ring (bicyclic) bond motifs is 1. The van der Waals surface area contributed by atoms with Crippen LogP contribution in [-0.2, 0) is 13.1 Å². The molecule has 0 aliphatic heterocycles. The minimum Gasteiger partial charge on any atom is -0.497 e. The number of methoxy groups -OCH3 is 1. The van der Waals surface area contributed by atoms with Crippen molar-refractivity contribution in [2.24, 2.45) is 0 Å². The third-order valence-corrected chi connectivity index (χ3v) is 4.74. The summed E-state index contributed by atoms with van der Waals surface area (Å²) < 4.78 is 7.15. The summed E-state index contributed by atoms with van der Waals surface area (Å²) in [6, 6.07) is 15.5. The second-order valence-corrected chi connectivity index (χ2v) is 6.99. The van der Waals surface area contributed by atoms with E-state index in [0.717, 1.165) is 16.9 Å². The maximum absolute atomic E-state index is 6.16. The van der Waals surface area contributed by atoms with Crippen LogP contribution in [0.3, 0.4) is 0 Å². The zero-order chi connectivity index (χ0) is 19.5. The second-order valence-electron chi connectivity index (χ2n) is 6.21. The van der Waals surface area contributed by atoms with E-state index in [4.69, 9.17) is 27.9 Å². The molecule has 0 radical (unpaired) electrons.